The van der Waals surface area contributed by atoms with Crippen LogP contribution < -0.4 is 5.32 Å². The number of halogens is 1. The molecular weight excluding hydrogens is 355 g/mol. The largest absolute Gasteiger partial charge is 0.349 e. The number of hydrogen-bond donors (Lipinski definition) is 1. The van der Waals surface area contributed by atoms with Gasteiger partial charge in [-0.1, -0.05) is 48.0 Å². The number of amides is 2. The summed E-state index contributed by atoms with van der Waals surface area (Å²) >= 11 is 0. The van der Waals surface area contributed by atoms with E-state index in [9.17, 15) is 14.0 Å². The number of carbonyl (C=O) groups is 2. The zero-order chi connectivity index (χ0) is 20.3. The highest BCUT2D eigenvalue weighted by Crippen LogP contribution is 2.36. The molecule has 148 valence electrons. The van der Waals surface area contributed by atoms with Crippen molar-refractivity contribution in [3.05, 3.63) is 71.0 Å². The normalized spacial score (nSPS) is 15.6. The fraction of sp³-hybridized carbons (Fsp3) is 0.391. The molecule has 2 amide bonds. The van der Waals surface area contributed by atoms with Crippen LogP contribution in [0.5, 0.6) is 0 Å². The van der Waals surface area contributed by atoms with Gasteiger partial charge in [0.2, 0.25) is 11.8 Å². The van der Waals surface area contributed by atoms with Gasteiger partial charge in [0.15, 0.2) is 0 Å². The SMILES string of the molecule is CC(=O)NC(CC(=O)N(C1CC1)C(C)c1ccccc1F)c1ccc(C)cc1. The monoisotopic (exact) mass is 382 g/mol. The van der Waals surface area contributed by atoms with Crippen molar-refractivity contribution in [3.63, 3.8) is 0 Å². The van der Waals surface area contributed by atoms with Gasteiger partial charge in [-0.05, 0) is 38.3 Å². The van der Waals surface area contributed by atoms with E-state index in [4.69, 9.17) is 0 Å². The Morgan fingerprint density at radius 3 is 2.36 bits per heavy atom. The molecule has 1 aliphatic rings. The third-order valence-corrected chi connectivity index (χ3v) is 5.24. The first kappa shape index (κ1) is 20.1. The Labute approximate surface area is 165 Å². The molecule has 2 atom stereocenters. The van der Waals surface area contributed by atoms with Crippen LogP contribution in [0.3, 0.4) is 0 Å². The van der Waals surface area contributed by atoms with Crippen LogP contribution in [0.2, 0.25) is 0 Å². The Morgan fingerprint density at radius 1 is 1.14 bits per heavy atom. The van der Waals surface area contributed by atoms with Gasteiger partial charge in [-0.25, -0.2) is 4.39 Å². The Balaban J connectivity index is 1.82. The summed E-state index contributed by atoms with van der Waals surface area (Å²) in [6.07, 6.45) is 2.01. The summed E-state index contributed by atoms with van der Waals surface area (Å²) in [6, 6.07) is 13.8. The fourth-order valence-electron chi connectivity index (χ4n) is 3.63. The van der Waals surface area contributed by atoms with Gasteiger partial charge in [0.05, 0.1) is 18.5 Å². The van der Waals surface area contributed by atoms with Crippen molar-refractivity contribution < 1.29 is 14.0 Å². The van der Waals surface area contributed by atoms with Crippen molar-refractivity contribution >= 4 is 11.8 Å². The molecule has 28 heavy (non-hydrogen) atoms. The Bertz CT molecular complexity index is 846. The fourth-order valence-corrected chi connectivity index (χ4v) is 3.63. The van der Waals surface area contributed by atoms with Crippen molar-refractivity contribution in [1.29, 1.82) is 0 Å². The third-order valence-electron chi connectivity index (χ3n) is 5.24. The van der Waals surface area contributed by atoms with E-state index in [1.54, 1.807) is 23.1 Å². The van der Waals surface area contributed by atoms with E-state index in [0.29, 0.717) is 5.56 Å². The summed E-state index contributed by atoms with van der Waals surface area (Å²) in [5.74, 6) is -0.554. The van der Waals surface area contributed by atoms with Gasteiger partial charge < -0.3 is 10.2 Å². The number of nitrogens with zero attached hydrogens (tertiary/aromatic N) is 1. The minimum Gasteiger partial charge on any atom is -0.349 e. The summed E-state index contributed by atoms with van der Waals surface area (Å²) in [5.41, 5.74) is 2.53. The Hall–Kier alpha value is -2.69. The molecule has 0 saturated heterocycles. The summed E-state index contributed by atoms with van der Waals surface area (Å²) in [7, 11) is 0. The second kappa shape index (κ2) is 8.55. The lowest BCUT2D eigenvalue weighted by Gasteiger charge is -2.31. The zero-order valence-electron chi connectivity index (χ0n) is 16.6. The zero-order valence-corrected chi connectivity index (χ0v) is 16.6. The second-order valence-corrected chi connectivity index (χ2v) is 7.60. The average molecular weight is 382 g/mol. The predicted molar refractivity (Wildman–Crippen MR) is 107 cm³/mol. The topological polar surface area (TPSA) is 49.4 Å². The van der Waals surface area contributed by atoms with E-state index in [1.165, 1.54) is 13.0 Å². The molecule has 0 spiro atoms. The summed E-state index contributed by atoms with van der Waals surface area (Å²) in [6.45, 7) is 5.31. The van der Waals surface area contributed by atoms with Crippen LogP contribution in [0.4, 0.5) is 4.39 Å². The molecule has 2 aromatic rings. The van der Waals surface area contributed by atoms with Crippen LogP contribution in [0.15, 0.2) is 48.5 Å². The molecule has 3 rings (SSSR count). The molecule has 1 saturated carbocycles. The minimum absolute atomic E-state index is 0.0717. The lowest BCUT2D eigenvalue weighted by atomic mass is 10.00. The molecule has 0 aliphatic heterocycles. The van der Waals surface area contributed by atoms with Gasteiger partial charge in [0.25, 0.3) is 0 Å². The van der Waals surface area contributed by atoms with Gasteiger partial charge in [0.1, 0.15) is 5.82 Å². The van der Waals surface area contributed by atoms with Crippen molar-refractivity contribution in [2.45, 2.75) is 58.2 Å². The van der Waals surface area contributed by atoms with Crippen LogP contribution in [0.1, 0.15) is 61.9 Å². The highest BCUT2D eigenvalue weighted by Gasteiger charge is 2.37. The van der Waals surface area contributed by atoms with E-state index in [-0.39, 0.29) is 36.1 Å². The maximum atomic E-state index is 14.3. The predicted octanol–water partition coefficient (Wildman–Crippen LogP) is 4.45. The molecule has 2 aromatic carbocycles. The van der Waals surface area contributed by atoms with E-state index < -0.39 is 6.04 Å². The number of nitrogens with one attached hydrogen (secondary N) is 1. The molecule has 4 nitrogen and oxygen atoms in total. The minimum atomic E-state index is -0.403. The number of benzene rings is 2. The molecule has 0 bridgehead atoms. The lowest BCUT2D eigenvalue weighted by Crippen LogP contribution is -2.39. The van der Waals surface area contributed by atoms with E-state index in [1.807, 2.05) is 38.1 Å². The number of hydrogen-bond acceptors (Lipinski definition) is 2. The van der Waals surface area contributed by atoms with Crippen LogP contribution >= 0.6 is 0 Å². The lowest BCUT2D eigenvalue weighted by molar-refractivity contribution is -0.134. The van der Waals surface area contributed by atoms with Crippen molar-refractivity contribution in [3.8, 4) is 0 Å². The van der Waals surface area contributed by atoms with Gasteiger partial charge in [-0.2, -0.15) is 0 Å². The van der Waals surface area contributed by atoms with Crippen LogP contribution in [-0.2, 0) is 9.59 Å². The second-order valence-electron chi connectivity index (χ2n) is 7.60. The van der Waals surface area contributed by atoms with Crippen molar-refractivity contribution in [2.24, 2.45) is 0 Å². The number of aryl methyl sites for hydroxylation is 1. The smallest absolute Gasteiger partial charge is 0.225 e. The van der Waals surface area contributed by atoms with Gasteiger partial charge in [0, 0.05) is 18.5 Å². The average Bonchev–Trinajstić information content (AvgIpc) is 3.47. The summed E-state index contributed by atoms with van der Waals surface area (Å²) in [5, 5.41) is 2.89. The van der Waals surface area contributed by atoms with Gasteiger partial charge in [-0.3, -0.25) is 9.59 Å². The van der Waals surface area contributed by atoms with Gasteiger partial charge in [-0.15, -0.1) is 0 Å². The van der Waals surface area contributed by atoms with Crippen LogP contribution in [0.25, 0.3) is 0 Å². The molecule has 0 aromatic heterocycles. The quantitative estimate of drug-likeness (QED) is 0.769. The molecule has 1 fully saturated rings. The van der Waals surface area contributed by atoms with E-state index in [0.717, 1.165) is 24.0 Å². The first-order valence-corrected chi connectivity index (χ1v) is 9.76. The maximum absolute atomic E-state index is 14.3. The summed E-state index contributed by atoms with van der Waals surface area (Å²) < 4.78 is 14.3. The highest BCUT2D eigenvalue weighted by atomic mass is 19.1. The van der Waals surface area contributed by atoms with Crippen LogP contribution in [-0.4, -0.2) is 22.8 Å². The van der Waals surface area contributed by atoms with E-state index >= 15 is 0 Å². The molecule has 1 aliphatic carbocycles. The van der Waals surface area contributed by atoms with Gasteiger partial charge >= 0.3 is 0 Å². The molecule has 2 unspecified atom stereocenters. The maximum Gasteiger partial charge on any atom is 0.225 e. The molecular formula is C23H27FN2O2. The molecule has 5 heteroatoms. The molecule has 0 radical (unpaired) electrons. The van der Waals surface area contributed by atoms with Crippen LogP contribution in [0, 0.1) is 12.7 Å². The molecule has 0 heterocycles. The Kier molecular flexibility index (Phi) is 6.12. The third kappa shape index (κ3) is 4.77. The first-order chi connectivity index (χ1) is 13.4. The van der Waals surface area contributed by atoms with E-state index in [2.05, 4.69) is 5.32 Å². The summed E-state index contributed by atoms with van der Waals surface area (Å²) in [4.78, 5) is 26.7. The first-order valence-electron chi connectivity index (χ1n) is 9.76. The highest BCUT2D eigenvalue weighted by molar-refractivity contribution is 5.80. The standard InChI is InChI=1S/C23H27FN2O2/c1-15-8-10-18(11-9-15)22(25-17(3)27)14-23(28)26(19-12-13-19)16(2)20-6-4-5-7-21(20)24/h4-11,16,19,22H,12-14H2,1-3H3,(H,25,27). The Morgan fingerprint density at radius 2 is 1.79 bits per heavy atom. The van der Waals surface area contributed by atoms with Crippen molar-refractivity contribution in [2.75, 3.05) is 0 Å². The molecule has 1 N–H and O–H groups in total. The number of carbonyl (C=O) groups excluding carboxylic acids is 2. The number of rotatable bonds is 7. The van der Waals surface area contributed by atoms with Crippen molar-refractivity contribution in [1.82, 2.24) is 10.2 Å².